The van der Waals surface area contributed by atoms with Gasteiger partial charge >= 0.3 is 5.97 Å². The zero-order chi connectivity index (χ0) is 15.1. The number of benzene rings is 1. The first-order valence-electron chi connectivity index (χ1n) is 7.44. The number of halogens is 1. The lowest BCUT2D eigenvalue weighted by Gasteiger charge is -2.41. The molecule has 1 aromatic carbocycles. The van der Waals surface area contributed by atoms with Gasteiger partial charge in [0.1, 0.15) is 0 Å². The zero-order valence-corrected chi connectivity index (χ0v) is 14.2. The summed E-state index contributed by atoms with van der Waals surface area (Å²) in [5.74, 6) is 0.207. The van der Waals surface area contributed by atoms with Gasteiger partial charge in [-0.1, -0.05) is 0 Å². The predicted octanol–water partition coefficient (Wildman–Crippen LogP) is 2.91. The summed E-state index contributed by atoms with van der Waals surface area (Å²) in [7, 11) is 1.43. The molecule has 2 heterocycles. The lowest BCUT2D eigenvalue weighted by atomic mass is 9.85. The molecular formula is C16H21BrN2O2. The number of esters is 1. The molecule has 5 heteroatoms. The van der Waals surface area contributed by atoms with Crippen LogP contribution in [0.2, 0.25) is 0 Å². The van der Waals surface area contributed by atoms with Crippen LogP contribution < -0.4 is 10.2 Å². The van der Waals surface area contributed by atoms with Crippen LogP contribution in [-0.2, 0) is 4.74 Å². The number of nitrogens with zero attached hydrogens (tertiary/aromatic N) is 1. The molecule has 0 saturated carbocycles. The molecule has 1 saturated heterocycles. The SMILES string of the molecule is COC(=O)c1cc(Br)c2c(c1)C1CCNC1CN2C(C)C. The molecular weight excluding hydrogens is 332 g/mol. The number of hydrogen-bond acceptors (Lipinski definition) is 4. The van der Waals surface area contributed by atoms with E-state index in [9.17, 15) is 4.79 Å². The highest BCUT2D eigenvalue weighted by atomic mass is 79.9. The molecule has 2 unspecified atom stereocenters. The number of fused-ring (bicyclic) bond motifs is 3. The monoisotopic (exact) mass is 352 g/mol. The van der Waals surface area contributed by atoms with Gasteiger partial charge < -0.3 is 15.0 Å². The average Bonchev–Trinajstić information content (AvgIpc) is 2.93. The molecule has 114 valence electrons. The summed E-state index contributed by atoms with van der Waals surface area (Å²) < 4.78 is 5.86. The molecule has 0 spiro atoms. The van der Waals surface area contributed by atoms with Crippen molar-refractivity contribution in [3.63, 3.8) is 0 Å². The Morgan fingerprint density at radius 2 is 2.24 bits per heavy atom. The van der Waals surface area contributed by atoms with Crippen molar-refractivity contribution in [2.24, 2.45) is 0 Å². The number of rotatable bonds is 2. The van der Waals surface area contributed by atoms with Crippen LogP contribution in [0.15, 0.2) is 16.6 Å². The largest absolute Gasteiger partial charge is 0.465 e. The first-order valence-corrected chi connectivity index (χ1v) is 8.24. The predicted molar refractivity (Wildman–Crippen MR) is 87.1 cm³/mol. The van der Waals surface area contributed by atoms with Gasteiger partial charge in [-0.25, -0.2) is 4.79 Å². The van der Waals surface area contributed by atoms with Crippen LogP contribution in [0.3, 0.4) is 0 Å². The third-order valence-electron chi connectivity index (χ3n) is 4.56. The Balaban J connectivity index is 2.14. The lowest BCUT2D eigenvalue weighted by molar-refractivity contribution is 0.0600. The molecule has 2 aliphatic heterocycles. The van der Waals surface area contributed by atoms with E-state index in [2.05, 4.69) is 40.0 Å². The molecule has 0 radical (unpaired) electrons. The van der Waals surface area contributed by atoms with Crippen molar-refractivity contribution in [2.75, 3.05) is 25.1 Å². The van der Waals surface area contributed by atoms with Crippen LogP contribution in [0.5, 0.6) is 0 Å². The summed E-state index contributed by atoms with van der Waals surface area (Å²) in [5, 5.41) is 3.59. The van der Waals surface area contributed by atoms with Crippen LogP contribution >= 0.6 is 15.9 Å². The quantitative estimate of drug-likeness (QED) is 0.831. The molecule has 0 amide bonds. The summed E-state index contributed by atoms with van der Waals surface area (Å²) in [4.78, 5) is 14.3. The van der Waals surface area contributed by atoms with Gasteiger partial charge in [-0.05, 0) is 60.4 Å². The minimum atomic E-state index is -0.275. The normalized spacial score (nSPS) is 24.0. The Morgan fingerprint density at radius 1 is 1.48 bits per heavy atom. The van der Waals surface area contributed by atoms with E-state index >= 15 is 0 Å². The highest BCUT2D eigenvalue weighted by Crippen LogP contribution is 2.44. The molecule has 3 rings (SSSR count). The van der Waals surface area contributed by atoms with Crippen molar-refractivity contribution < 1.29 is 9.53 Å². The molecule has 2 aliphatic rings. The van der Waals surface area contributed by atoms with Crippen LogP contribution in [0.1, 0.15) is 42.1 Å². The van der Waals surface area contributed by atoms with E-state index in [1.54, 1.807) is 0 Å². The molecule has 2 atom stereocenters. The topological polar surface area (TPSA) is 41.6 Å². The maximum atomic E-state index is 11.9. The van der Waals surface area contributed by atoms with E-state index in [0.29, 0.717) is 23.6 Å². The van der Waals surface area contributed by atoms with Gasteiger partial charge in [0.2, 0.25) is 0 Å². The van der Waals surface area contributed by atoms with E-state index in [-0.39, 0.29) is 5.97 Å². The number of hydrogen-bond donors (Lipinski definition) is 1. The molecule has 4 nitrogen and oxygen atoms in total. The van der Waals surface area contributed by atoms with Gasteiger partial charge in [0.25, 0.3) is 0 Å². The van der Waals surface area contributed by atoms with Gasteiger partial charge in [0.15, 0.2) is 0 Å². The summed E-state index contributed by atoms with van der Waals surface area (Å²) >= 11 is 3.67. The fraction of sp³-hybridized carbons (Fsp3) is 0.562. The van der Waals surface area contributed by atoms with E-state index in [1.807, 2.05) is 12.1 Å². The van der Waals surface area contributed by atoms with Crippen molar-refractivity contribution in [1.82, 2.24) is 5.32 Å². The molecule has 1 aromatic rings. The summed E-state index contributed by atoms with van der Waals surface area (Å²) in [5.41, 5.74) is 3.13. The van der Waals surface area contributed by atoms with Crippen LogP contribution in [-0.4, -0.2) is 38.3 Å². The number of ether oxygens (including phenoxy) is 1. The van der Waals surface area contributed by atoms with Crippen LogP contribution in [0.25, 0.3) is 0 Å². The third kappa shape index (κ3) is 2.46. The Bertz CT molecular complexity index is 574. The maximum Gasteiger partial charge on any atom is 0.337 e. The number of nitrogens with one attached hydrogen (secondary N) is 1. The lowest BCUT2D eigenvalue weighted by Crippen LogP contribution is -2.47. The first-order chi connectivity index (χ1) is 10.0. The second kappa shape index (κ2) is 5.61. The first kappa shape index (κ1) is 14.9. The molecule has 21 heavy (non-hydrogen) atoms. The van der Waals surface area contributed by atoms with Crippen molar-refractivity contribution >= 4 is 27.6 Å². The summed E-state index contributed by atoms with van der Waals surface area (Å²) in [6.07, 6.45) is 1.13. The molecule has 1 N–H and O–H groups in total. The Morgan fingerprint density at radius 3 is 2.90 bits per heavy atom. The van der Waals surface area contributed by atoms with E-state index < -0.39 is 0 Å². The second-order valence-electron chi connectivity index (χ2n) is 6.09. The summed E-state index contributed by atoms with van der Waals surface area (Å²) in [6, 6.07) is 4.79. The molecule has 1 fully saturated rings. The number of carbonyl (C=O) groups is 1. The fourth-order valence-corrected chi connectivity index (χ4v) is 4.25. The van der Waals surface area contributed by atoms with E-state index in [4.69, 9.17) is 4.74 Å². The van der Waals surface area contributed by atoms with Crippen molar-refractivity contribution in [3.8, 4) is 0 Å². The summed E-state index contributed by atoms with van der Waals surface area (Å²) in [6.45, 7) is 6.48. The van der Waals surface area contributed by atoms with Crippen molar-refractivity contribution in [1.29, 1.82) is 0 Å². The smallest absolute Gasteiger partial charge is 0.337 e. The Hall–Kier alpha value is -1.07. The number of carbonyl (C=O) groups excluding carboxylic acids is 1. The minimum absolute atomic E-state index is 0.275. The van der Waals surface area contributed by atoms with E-state index in [1.165, 1.54) is 18.4 Å². The number of anilines is 1. The zero-order valence-electron chi connectivity index (χ0n) is 12.6. The maximum absolute atomic E-state index is 11.9. The third-order valence-corrected chi connectivity index (χ3v) is 5.17. The van der Waals surface area contributed by atoms with Crippen LogP contribution in [0, 0.1) is 0 Å². The molecule has 0 aliphatic carbocycles. The van der Waals surface area contributed by atoms with Crippen molar-refractivity contribution in [2.45, 2.75) is 38.3 Å². The Labute approximate surface area is 134 Å². The van der Waals surface area contributed by atoms with Crippen molar-refractivity contribution in [3.05, 3.63) is 27.7 Å². The van der Waals surface area contributed by atoms with Gasteiger partial charge in [-0.2, -0.15) is 0 Å². The average molecular weight is 353 g/mol. The van der Waals surface area contributed by atoms with Crippen LogP contribution in [0.4, 0.5) is 5.69 Å². The highest BCUT2D eigenvalue weighted by molar-refractivity contribution is 9.10. The highest BCUT2D eigenvalue weighted by Gasteiger charge is 2.38. The van der Waals surface area contributed by atoms with Gasteiger partial charge in [-0.15, -0.1) is 0 Å². The Kier molecular flexibility index (Phi) is 3.97. The van der Waals surface area contributed by atoms with Gasteiger partial charge in [0.05, 0.1) is 18.4 Å². The second-order valence-corrected chi connectivity index (χ2v) is 6.94. The number of methoxy groups -OCH3 is 1. The van der Waals surface area contributed by atoms with E-state index in [0.717, 1.165) is 24.0 Å². The minimum Gasteiger partial charge on any atom is -0.465 e. The fourth-order valence-electron chi connectivity index (χ4n) is 3.55. The molecule has 0 bridgehead atoms. The van der Waals surface area contributed by atoms with Gasteiger partial charge in [-0.3, -0.25) is 0 Å². The molecule has 0 aromatic heterocycles. The standard InChI is InChI=1S/C16H21BrN2O2/c1-9(2)19-8-14-11(4-5-18-14)12-6-10(16(20)21-3)7-13(17)15(12)19/h6-7,9,11,14,18H,4-5,8H2,1-3H3. The van der Waals surface area contributed by atoms with Gasteiger partial charge in [0, 0.05) is 29.0 Å².